The largest absolute Gasteiger partial charge is 0.364 e. The van der Waals surface area contributed by atoms with Gasteiger partial charge in [-0.1, -0.05) is 71.4 Å². The van der Waals surface area contributed by atoms with Gasteiger partial charge in [0.2, 0.25) is 0 Å². The summed E-state index contributed by atoms with van der Waals surface area (Å²) in [4.78, 5) is 4.53. The van der Waals surface area contributed by atoms with Crippen LogP contribution in [0.1, 0.15) is 22.3 Å². The summed E-state index contributed by atoms with van der Waals surface area (Å²) in [6, 6.07) is 16.8. The van der Waals surface area contributed by atoms with E-state index < -0.39 is 5.72 Å². The molecule has 2 aliphatic rings. The fourth-order valence-electron chi connectivity index (χ4n) is 3.43. The fraction of sp³-hybridized carbons (Fsp3) is 0.292. The zero-order valence-electron chi connectivity index (χ0n) is 16.8. The Morgan fingerprint density at radius 1 is 0.897 bits per heavy atom. The number of aliphatic hydroxyl groups is 1. The molecule has 2 N–H and O–H groups in total. The Hall–Kier alpha value is -1.95. The van der Waals surface area contributed by atoms with Gasteiger partial charge in [-0.25, -0.2) is 0 Å². The van der Waals surface area contributed by atoms with Crippen LogP contribution in [0.25, 0.3) is 12.2 Å². The van der Waals surface area contributed by atoms with E-state index in [0.29, 0.717) is 0 Å². The van der Waals surface area contributed by atoms with Crippen molar-refractivity contribution in [2.45, 2.75) is 19.6 Å². The van der Waals surface area contributed by atoms with Gasteiger partial charge in [0.25, 0.3) is 0 Å². The minimum absolute atomic E-state index is 0.778. The molecule has 2 aromatic carbocycles. The molecule has 1 fully saturated rings. The van der Waals surface area contributed by atoms with Gasteiger partial charge in [0.15, 0.2) is 10.9 Å². The van der Waals surface area contributed by atoms with Crippen LogP contribution >= 0.6 is 23.5 Å². The fourth-order valence-corrected chi connectivity index (χ4v) is 5.34. The highest BCUT2D eigenvalue weighted by atomic mass is 32.2. The van der Waals surface area contributed by atoms with E-state index in [2.05, 4.69) is 84.8 Å². The summed E-state index contributed by atoms with van der Waals surface area (Å²) in [5.74, 6) is 2.52. The predicted molar refractivity (Wildman–Crippen MR) is 128 cm³/mol. The number of rotatable bonds is 3. The van der Waals surface area contributed by atoms with Gasteiger partial charge in [0, 0.05) is 17.3 Å². The first-order chi connectivity index (χ1) is 14.0. The molecule has 2 heterocycles. The number of amidine groups is 1. The number of hydrogen-bond acceptors (Lipinski definition) is 5. The third-order valence-corrected chi connectivity index (χ3v) is 7.08. The van der Waals surface area contributed by atoms with Crippen LogP contribution in [0.15, 0.2) is 64.7 Å². The summed E-state index contributed by atoms with van der Waals surface area (Å²) in [5, 5.41) is 16.1. The lowest BCUT2D eigenvalue weighted by molar-refractivity contribution is 0.104. The number of benzene rings is 2. The van der Waals surface area contributed by atoms with Gasteiger partial charge in [0.05, 0.1) is 6.54 Å². The SMILES string of the molecule is Cc1ccc(C=C2CSCC(=Cc3ccc(C)cc3)C2(O)NC2=NCCS2)cc1. The molecule has 0 saturated carbocycles. The standard InChI is InChI=1S/C24H26N2OS2/c1-17-3-7-19(8-4-17)13-21-15-28-16-22(14-20-9-5-18(2)6-10-20)24(21,27)26-23-25-11-12-29-23/h3-10,13-14,27H,11-12,15-16H2,1-2H3,(H,25,26). The molecule has 0 radical (unpaired) electrons. The molecule has 0 aliphatic carbocycles. The normalized spacial score (nSPS) is 24.7. The van der Waals surface area contributed by atoms with Gasteiger partial charge in [-0.05, 0) is 48.3 Å². The Balaban J connectivity index is 1.74. The predicted octanol–water partition coefficient (Wildman–Crippen LogP) is 4.90. The summed E-state index contributed by atoms with van der Waals surface area (Å²) in [6.45, 7) is 4.97. The Bertz CT molecular complexity index is 896. The second-order valence-corrected chi connectivity index (χ2v) is 9.59. The van der Waals surface area contributed by atoms with Crippen LogP contribution in [0, 0.1) is 13.8 Å². The van der Waals surface area contributed by atoms with Crippen LogP contribution in [0.5, 0.6) is 0 Å². The molecule has 4 rings (SSSR count). The van der Waals surface area contributed by atoms with Crippen LogP contribution < -0.4 is 5.32 Å². The van der Waals surface area contributed by atoms with Crippen LogP contribution in [-0.2, 0) is 0 Å². The maximum Gasteiger partial charge on any atom is 0.184 e. The summed E-state index contributed by atoms with van der Waals surface area (Å²) in [5.41, 5.74) is 5.37. The van der Waals surface area contributed by atoms with Crippen molar-refractivity contribution in [1.82, 2.24) is 5.32 Å². The van der Waals surface area contributed by atoms with E-state index in [1.165, 1.54) is 11.1 Å². The molecule has 0 amide bonds. The van der Waals surface area contributed by atoms with Gasteiger partial charge in [-0.15, -0.1) is 0 Å². The van der Waals surface area contributed by atoms with Gasteiger partial charge < -0.3 is 10.4 Å². The Kier molecular flexibility index (Phi) is 6.18. The van der Waals surface area contributed by atoms with Crippen molar-refractivity contribution in [2.75, 3.05) is 23.8 Å². The highest BCUT2D eigenvalue weighted by Gasteiger charge is 2.40. The third kappa shape index (κ3) is 4.80. The Labute approximate surface area is 181 Å². The number of aliphatic imine (C=N–C) groups is 1. The molecule has 0 unspecified atom stereocenters. The van der Waals surface area contributed by atoms with Crippen molar-refractivity contribution in [2.24, 2.45) is 4.99 Å². The zero-order valence-corrected chi connectivity index (χ0v) is 18.4. The number of hydrogen-bond donors (Lipinski definition) is 2. The number of aryl methyl sites for hydroxylation is 2. The maximum atomic E-state index is 11.9. The second kappa shape index (κ2) is 8.82. The molecule has 1 saturated heterocycles. The summed E-state index contributed by atoms with van der Waals surface area (Å²) in [7, 11) is 0. The van der Waals surface area contributed by atoms with Crippen molar-refractivity contribution >= 4 is 40.8 Å². The molecule has 2 aromatic rings. The molecule has 0 bridgehead atoms. The highest BCUT2D eigenvalue weighted by molar-refractivity contribution is 8.14. The third-order valence-electron chi connectivity index (χ3n) is 5.15. The minimum atomic E-state index is -1.23. The summed E-state index contributed by atoms with van der Waals surface area (Å²) < 4.78 is 0. The van der Waals surface area contributed by atoms with Gasteiger partial charge in [0.1, 0.15) is 0 Å². The molecule has 150 valence electrons. The topological polar surface area (TPSA) is 44.6 Å². The average Bonchev–Trinajstić information content (AvgIpc) is 3.21. The van der Waals surface area contributed by atoms with Crippen LogP contribution in [0.4, 0.5) is 0 Å². The average molecular weight is 423 g/mol. The van der Waals surface area contributed by atoms with E-state index in [-0.39, 0.29) is 0 Å². The van der Waals surface area contributed by atoms with Gasteiger partial charge >= 0.3 is 0 Å². The zero-order chi connectivity index (χ0) is 20.3. The van der Waals surface area contributed by atoms with E-state index in [1.807, 2.05) is 11.8 Å². The lowest BCUT2D eigenvalue weighted by atomic mass is 9.92. The minimum Gasteiger partial charge on any atom is -0.364 e. The lowest BCUT2D eigenvalue weighted by Crippen LogP contribution is -2.53. The molecule has 0 aromatic heterocycles. The number of thioether (sulfide) groups is 2. The molecular formula is C24H26N2OS2. The maximum absolute atomic E-state index is 11.9. The molecule has 29 heavy (non-hydrogen) atoms. The van der Waals surface area contributed by atoms with Crippen LogP contribution in [-0.4, -0.2) is 39.8 Å². The Morgan fingerprint density at radius 3 is 1.86 bits per heavy atom. The van der Waals surface area contributed by atoms with E-state index in [1.54, 1.807) is 11.8 Å². The molecule has 2 aliphatic heterocycles. The quantitative estimate of drug-likeness (QED) is 0.691. The first kappa shape index (κ1) is 20.3. The first-order valence-electron chi connectivity index (χ1n) is 9.84. The Morgan fingerprint density at radius 2 is 1.41 bits per heavy atom. The van der Waals surface area contributed by atoms with Gasteiger partial charge in [-0.3, -0.25) is 4.99 Å². The van der Waals surface area contributed by atoms with Crippen molar-refractivity contribution in [1.29, 1.82) is 0 Å². The molecule has 0 atom stereocenters. The monoisotopic (exact) mass is 422 g/mol. The van der Waals surface area contributed by atoms with Crippen LogP contribution in [0.2, 0.25) is 0 Å². The van der Waals surface area contributed by atoms with E-state index in [4.69, 9.17) is 0 Å². The lowest BCUT2D eigenvalue weighted by Gasteiger charge is -2.38. The molecule has 0 spiro atoms. The van der Waals surface area contributed by atoms with Crippen molar-refractivity contribution in [3.63, 3.8) is 0 Å². The van der Waals surface area contributed by atoms with Crippen LogP contribution in [0.3, 0.4) is 0 Å². The highest BCUT2D eigenvalue weighted by Crippen LogP contribution is 2.37. The number of nitrogens with zero attached hydrogens (tertiary/aromatic N) is 1. The number of nitrogens with one attached hydrogen (secondary N) is 1. The van der Waals surface area contributed by atoms with Crippen molar-refractivity contribution in [3.05, 3.63) is 81.9 Å². The van der Waals surface area contributed by atoms with Gasteiger partial charge in [-0.2, -0.15) is 11.8 Å². The molecular weight excluding hydrogens is 396 g/mol. The van der Waals surface area contributed by atoms with Crippen molar-refractivity contribution < 1.29 is 5.11 Å². The van der Waals surface area contributed by atoms with Crippen molar-refractivity contribution in [3.8, 4) is 0 Å². The van der Waals surface area contributed by atoms with E-state index in [0.717, 1.165) is 51.2 Å². The smallest absolute Gasteiger partial charge is 0.184 e. The molecule has 5 heteroatoms. The summed E-state index contributed by atoms with van der Waals surface area (Å²) in [6.07, 6.45) is 4.23. The summed E-state index contributed by atoms with van der Waals surface area (Å²) >= 11 is 3.51. The van der Waals surface area contributed by atoms with E-state index >= 15 is 0 Å². The second-order valence-electron chi connectivity index (χ2n) is 7.52. The first-order valence-corrected chi connectivity index (χ1v) is 12.0. The molecule has 3 nitrogen and oxygen atoms in total. The van der Waals surface area contributed by atoms with E-state index in [9.17, 15) is 5.11 Å².